The molecule has 1 saturated heterocycles. The van der Waals surface area contributed by atoms with Crippen molar-refractivity contribution in [2.45, 2.75) is 45.7 Å². The van der Waals surface area contributed by atoms with Crippen molar-refractivity contribution >= 4 is 29.8 Å². The molecule has 1 fully saturated rings. The van der Waals surface area contributed by atoms with Gasteiger partial charge >= 0.3 is 0 Å². The summed E-state index contributed by atoms with van der Waals surface area (Å²) in [5.74, 6) is 2.06. The van der Waals surface area contributed by atoms with E-state index in [1.807, 2.05) is 42.5 Å². The van der Waals surface area contributed by atoms with Gasteiger partial charge < -0.3 is 9.64 Å². The normalized spacial score (nSPS) is 15.6. The number of ketones is 1. The van der Waals surface area contributed by atoms with E-state index in [-0.39, 0.29) is 24.1 Å². The van der Waals surface area contributed by atoms with Crippen LogP contribution in [0.5, 0.6) is 11.5 Å². The van der Waals surface area contributed by atoms with Crippen LogP contribution < -0.4 is 9.64 Å². The van der Waals surface area contributed by atoms with Crippen LogP contribution in [0.2, 0.25) is 0 Å². The number of ether oxygens (including phenoxy) is 1. The second-order valence-corrected chi connectivity index (χ2v) is 9.66. The Morgan fingerprint density at radius 2 is 1.64 bits per heavy atom. The van der Waals surface area contributed by atoms with E-state index in [0.29, 0.717) is 35.9 Å². The van der Waals surface area contributed by atoms with Gasteiger partial charge in [0.05, 0.1) is 12.2 Å². The Balaban J connectivity index is 0.00000304. The number of amides is 1. The first-order valence-corrected chi connectivity index (χ1v) is 12.5. The lowest BCUT2D eigenvalue weighted by Gasteiger charge is -2.32. The van der Waals surface area contributed by atoms with Crippen molar-refractivity contribution in [3.8, 4) is 11.5 Å². The second kappa shape index (κ2) is 11.7. The second-order valence-electron chi connectivity index (χ2n) is 9.66. The molecule has 2 heterocycles. The molecule has 3 aromatic rings. The summed E-state index contributed by atoms with van der Waals surface area (Å²) >= 11 is 0. The highest BCUT2D eigenvalue weighted by atomic mass is 35.5. The van der Waals surface area contributed by atoms with E-state index in [4.69, 9.17) is 4.74 Å². The van der Waals surface area contributed by atoms with E-state index in [1.165, 1.54) is 5.56 Å². The molecule has 1 amide bonds. The third-order valence-corrected chi connectivity index (χ3v) is 7.20. The Bertz CT molecular complexity index is 1210. The van der Waals surface area contributed by atoms with Crippen LogP contribution in [-0.4, -0.2) is 29.7 Å². The predicted molar refractivity (Wildman–Crippen MR) is 145 cm³/mol. The van der Waals surface area contributed by atoms with Crippen molar-refractivity contribution in [3.05, 3.63) is 89.5 Å². The van der Waals surface area contributed by atoms with Gasteiger partial charge in [0.1, 0.15) is 5.75 Å². The lowest BCUT2D eigenvalue weighted by molar-refractivity contribution is -0.116. The Morgan fingerprint density at radius 3 is 2.39 bits per heavy atom. The largest absolute Gasteiger partial charge is 0.455 e. The summed E-state index contributed by atoms with van der Waals surface area (Å²) in [6.07, 6.45) is 3.77. The molecular formula is C30H33ClN2O3. The molecule has 5 rings (SSSR count). The van der Waals surface area contributed by atoms with E-state index < -0.39 is 0 Å². The SMILES string of the molecule is CC(=O)N1Cc2cc(C(=O)CCC3CCN(Cc4ccccc4)CC3)ccc2Oc2ccccc21.Cl. The lowest BCUT2D eigenvalue weighted by atomic mass is 9.90. The summed E-state index contributed by atoms with van der Waals surface area (Å²) in [4.78, 5) is 29.6. The molecule has 0 saturated carbocycles. The van der Waals surface area contributed by atoms with E-state index in [9.17, 15) is 9.59 Å². The Hall–Kier alpha value is -3.15. The van der Waals surface area contributed by atoms with Gasteiger partial charge in [0.2, 0.25) is 5.91 Å². The summed E-state index contributed by atoms with van der Waals surface area (Å²) in [5, 5.41) is 0. The topological polar surface area (TPSA) is 49.9 Å². The number of fused-ring (bicyclic) bond motifs is 2. The maximum absolute atomic E-state index is 13.1. The zero-order valence-corrected chi connectivity index (χ0v) is 21.5. The molecule has 0 spiro atoms. The van der Waals surface area contributed by atoms with Crippen molar-refractivity contribution in [3.63, 3.8) is 0 Å². The molecule has 0 unspecified atom stereocenters. The van der Waals surface area contributed by atoms with Gasteiger partial charge in [-0.2, -0.15) is 0 Å². The van der Waals surface area contributed by atoms with Gasteiger partial charge in [-0.3, -0.25) is 14.5 Å². The standard InChI is InChI=1S/C30H32N2O3.ClH/c1-22(33)32-21-26-19-25(12-14-29(26)35-30-10-6-5-9-27(30)32)28(34)13-11-23-15-17-31(18-16-23)20-24-7-3-2-4-8-24;/h2-10,12,14,19,23H,11,13,15-18,20-21H2,1H3;1H. The molecule has 3 aromatic carbocycles. The van der Waals surface area contributed by atoms with Gasteiger partial charge in [-0.15, -0.1) is 12.4 Å². The summed E-state index contributed by atoms with van der Waals surface area (Å²) in [6, 6.07) is 23.8. The number of para-hydroxylation sites is 2. The molecule has 0 N–H and O–H groups in total. The number of carbonyl (C=O) groups excluding carboxylic acids is 2. The number of likely N-dealkylation sites (tertiary alicyclic amines) is 1. The maximum Gasteiger partial charge on any atom is 0.224 e. The Morgan fingerprint density at radius 1 is 0.917 bits per heavy atom. The van der Waals surface area contributed by atoms with Crippen molar-refractivity contribution in [1.82, 2.24) is 4.90 Å². The van der Waals surface area contributed by atoms with Gasteiger partial charge in [-0.05, 0) is 74.2 Å². The molecule has 0 atom stereocenters. The highest BCUT2D eigenvalue weighted by Gasteiger charge is 2.25. The molecule has 5 nitrogen and oxygen atoms in total. The number of nitrogens with zero attached hydrogens (tertiary/aromatic N) is 2. The highest BCUT2D eigenvalue weighted by molar-refractivity contribution is 5.97. The van der Waals surface area contributed by atoms with Crippen LogP contribution in [0.4, 0.5) is 5.69 Å². The first kappa shape index (κ1) is 25.9. The molecule has 36 heavy (non-hydrogen) atoms. The number of Topliss-reactive ketones (excluding diaryl/α,β-unsaturated/α-hetero) is 1. The van der Waals surface area contributed by atoms with Crippen LogP contribution in [-0.2, 0) is 17.9 Å². The van der Waals surface area contributed by atoms with Crippen molar-refractivity contribution in [1.29, 1.82) is 0 Å². The third kappa shape index (κ3) is 5.97. The fourth-order valence-corrected chi connectivity index (χ4v) is 5.15. The van der Waals surface area contributed by atoms with Crippen LogP contribution in [0.1, 0.15) is 54.1 Å². The third-order valence-electron chi connectivity index (χ3n) is 7.20. The number of rotatable bonds is 6. The molecule has 0 radical (unpaired) electrons. The number of hydrogen-bond acceptors (Lipinski definition) is 4. The summed E-state index contributed by atoms with van der Waals surface area (Å²) in [5.41, 5.74) is 3.67. The first-order chi connectivity index (χ1) is 17.1. The summed E-state index contributed by atoms with van der Waals surface area (Å²) in [7, 11) is 0. The van der Waals surface area contributed by atoms with Crippen LogP contribution in [0.3, 0.4) is 0 Å². The molecule has 0 aliphatic carbocycles. The van der Waals surface area contributed by atoms with Gasteiger partial charge in [-0.25, -0.2) is 0 Å². The fourth-order valence-electron chi connectivity index (χ4n) is 5.15. The number of hydrogen-bond donors (Lipinski definition) is 0. The molecular weight excluding hydrogens is 472 g/mol. The van der Waals surface area contributed by atoms with Crippen molar-refractivity contribution in [2.24, 2.45) is 5.92 Å². The minimum absolute atomic E-state index is 0. The maximum atomic E-state index is 13.1. The average Bonchev–Trinajstić information content (AvgIpc) is 3.05. The van der Waals surface area contributed by atoms with E-state index in [0.717, 1.165) is 50.1 Å². The Labute approximate surface area is 219 Å². The lowest BCUT2D eigenvalue weighted by Crippen LogP contribution is -2.33. The van der Waals surface area contributed by atoms with E-state index in [2.05, 4.69) is 35.2 Å². The predicted octanol–water partition coefficient (Wildman–Crippen LogP) is 6.64. The monoisotopic (exact) mass is 504 g/mol. The van der Waals surface area contributed by atoms with E-state index in [1.54, 1.807) is 11.8 Å². The molecule has 2 aliphatic rings. The summed E-state index contributed by atoms with van der Waals surface area (Å²) < 4.78 is 6.12. The zero-order valence-electron chi connectivity index (χ0n) is 20.7. The van der Waals surface area contributed by atoms with Crippen molar-refractivity contribution < 1.29 is 14.3 Å². The van der Waals surface area contributed by atoms with Gasteiger partial charge in [0, 0.05) is 31.0 Å². The van der Waals surface area contributed by atoms with Gasteiger partial charge in [0.15, 0.2) is 11.5 Å². The van der Waals surface area contributed by atoms with Crippen LogP contribution in [0.15, 0.2) is 72.8 Å². The van der Waals surface area contributed by atoms with Crippen molar-refractivity contribution in [2.75, 3.05) is 18.0 Å². The molecule has 6 heteroatoms. The molecule has 188 valence electrons. The number of benzene rings is 3. The van der Waals surface area contributed by atoms with Gasteiger partial charge in [-0.1, -0.05) is 42.5 Å². The minimum atomic E-state index is -0.0516. The number of piperidine rings is 1. The van der Waals surface area contributed by atoms with Crippen LogP contribution in [0, 0.1) is 5.92 Å². The number of carbonyl (C=O) groups is 2. The quantitative estimate of drug-likeness (QED) is 0.353. The minimum Gasteiger partial charge on any atom is -0.455 e. The zero-order chi connectivity index (χ0) is 24.2. The highest BCUT2D eigenvalue weighted by Crippen LogP contribution is 2.39. The molecule has 0 bridgehead atoms. The molecule has 2 aliphatic heterocycles. The average molecular weight is 505 g/mol. The summed E-state index contributed by atoms with van der Waals surface area (Å²) in [6.45, 7) is 5.13. The van der Waals surface area contributed by atoms with E-state index >= 15 is 0 Å². The fraction of sp³-hybridized carbons (Fsp3) is 0.333. The van der Waals surface area contributed by atoms with Gasteiger partial charge in [0.25, 0.3) is 0 Å². The first-order valence-electron chi connectivity index (χ1n) is 12.5. The number of halogens is 1. The smallest absolute Gasteiger partial charge is 0.224 e. The Kier molecular flexibility index (Phi) is 8.44. The number of anilines is 1. The molecule has 0 aromatic heterocycles. The van der Waals surface area contributed by atoms with Crippen LogP contribution in [0.25, 0.3) is 0 Å². The van der Waals surface area contributed by atoms with Crippen LogP contribution >= 0.6 is 12.4 Å².